The lowest BCUT2D eigenvalue weighted by molar-refractivity contribution is 0.173. The first-order chi connectivity index (χ1) is 5.11. The Hall–Kier alpha value is -0.150. The molecule has 11 heavy (non-hydrogen) atoms. The smallest absolute Gasteiger partial charge is 0.113 e. The molecule has 0 aromatic carbocycles. The SMILES string of the molecule is CC(F)C1CCC(C)C(N)N1. The molecule has 2 nitrogen and oxygen atoms in total. The summed E-state index contributed by atoms with van der Waals surface area (Å²) < 4.78 is 12.8. The maximum atomic E-state index is 12.8. The van der Waals surface area contributed by atoms with Crippen molar-refractivity contribution in [3.8, 4) is 0 Å². The normalized spacial score (nSPS) is 42.0. The number of hydrogen-bond acceptors (Lipinski definition) is 2. The predicted octanol–water partition coefficient (Wildman–Crippen LogP) is 1.02. The highest BCUT2D eigenvalue weighted by Crippen LogP contribution is 2.19. The fourth-order valence-corrected chi connectivity index (χ4v) is 1.48. The van der Waals surface area contributed by atoms with Gasteiger partial charge in [0.1, 0.15) is 6.17 Å². The fraction of sp³-hybridized carbons (Fsp3) is 1.00. The Morgan fingerprint density at radius 3 is 2.64 bits per heavy atom. The van der Waals surface area contributed by atoms with Gasteiger partial charge in [-0.1, -0.05) is 6.92 Å². The van der Waals surface area contributed by atoms with Gasteiger partial charge in [-0.25, -0.2) is 4.39 Å². The van der Waals surface area contributed by atoms with E-state index in [4.69, 9.17) is 5.73 Å². The topological polar surface area (TPSA) is 38.0 Å². The minimum atomic E-state index is -0.784. The van der Waals surface area contributed by atoms with Crippen molar-refractivity contribution >= 4 is 0 Å². The quantitative estimate of drug-likeness (QED) is 0.601. The average molecular weight is 160 g/mol. The van der Waals surface area contributed by atoms with Crippen LogP contribution < -0.4 is 11.1 Å². The molecule has 1 saturated heterocycles. The van der Waals surface area contributed by atoms with E-state index in [1.165, 1.54) is 0 Å². The molecule has 0 aliphatic carbocycles. The number of alkyl halides is 1. The van der Waals surface area contributed by atoms with Crippen LogP contribution in [0.5, 0.6) is 0 Å². The lowest BCUT2D eigenvalue weighted by atomic mass is 9.92. The zero-order chi connectivity index (χ0) is 8.43. The van der Waals surface area contributed by atoms with E-state index in [0.29, 0.717) is 5.92 Å². The van der Waals surface area contributed by atoms with E-state index in [2.05, 4.69) is 12.2 Å². The van der Waals surface area contributed by atoms with Gasteiger partial charge in [-0.2, -0.15) is 0 Å². The Bertz CT molecular complexity index is 127. The van der Waals surface area contributed by atoms with Crippen LogP contribution in [0.15, 0.2) is 0 Å². The van der Waals surface area contributed by atoms with Crippen LogP contribution >= 0.6 is 0 Å². The number of nitrogens with one attached hydrogen (secondary N) is 1. The van der Waals surface area contributed by atoms with Crippen molar-refractivity contribution < 1.29 is 4.39 Å². The molecule has 0 saturated carbocycles. The molecule has 1 heterocycles. The van der Waals surface area contributed by atoms with E-state index in [-0.39, 0.29) is 12.2 Å². The van der Waals surface area contributed by atoms with Crippen LogP contribution in [0.25, 0.3) is 0 Å². The Morgan fingerprint density at radius 2 is 2.18 bits per heavy atom. The number of piperidine rings is 1. The summed E-state index contributed by atoms with van der Waals surface area (Å²) in [6.07, 6.45) is 1.14. The van der Waals surface area contributed by atoms with Gasteiger partial charge in [0.15, 0.2) is 0 Å². The molecule has 1 fully saturated rings. The third-order valence-corrected chi connectivity index (χ3v) is 2.51. The molecular formula is C8H17FN2. The molecule has 0 amide bonds. The molecule has 1 aliphatic heterocycles. The van der Waals surface area contributed by atoms with Crippen molar-refractivity contribution in [2.75, 3.05) is 0 Å². The van der Waals surface area contributed by atoms with Gasteiger partial charge in [0.2, 0.25) is 0 Å². The van der Waals surface area contributed by atoms with Crippen molar-refractivity contribution in [3.63, 3.8) is 0 Å². The summed E-state index contributed by atoms with van der Waals surface area (Å²) in [6.45, 7) is 3.68. The predicted molar refractivity (Wildman–Crippen MR) is 43.9 cm³/mol. The number of hydrogen-bond donors (Lipinski definition) is 2. The molecule has 3 N–H and O–H groups in total. The highest BCUT2D eigenvalue weighted by atomic mass is 19.1. The van der Waals surface area contributed by atoms with Gasteiger partial charge >= 0.3 is 0 Å². The highest BCUT2D eigenvalue weighted by molar-refractivity contribution is 4.84. The molecule has 0 aromatic heterocycles. The third kappa shape index (κ3) is 2.14. The summed E-state index contributed by atoms with van der Waals surface area (Å²) in [7, 11) is 0. The zero-order valence-electron chi connectivity index (χ0n) is 7.18. The molecule has 1 aliphatic rings. The molecule has 4 atom stereocenters. The monoisotopic (exact) mass is 160 g/mol. The van der Waals surface area contributed by atoms with E-state index in [1.54, 1.807) is 6.92 Å². The van der Waals surface area contributed by atoms with Crippen LogP contribution in [0.3, 0.4) is 0 Å². The molecular weight excluding hydrogens is 143 g/mol. The standard InChI is InChI=1S/C8H17FN2/c1-5-3-4-7(6(2)9)11-8(5)10/h5-8,11H,3-4,10H2,1-2H3. The first-order valence-corrected chi connectivity index (χ1v) is 4.27. The van der Waals surface area contributed by atoms with Crippen LogP contribution in [0, 0.1) is 5.92 Å². The maximum absolute atomic E-state index is 12.8. The molecule has 0 bridgehead atoms. The van der Waals surface area contributed by atoms with Crippen molar-refractivity contribution in [1.29, 1.82) is 0 Å². The second-order valence-corrected chi connectivity index (χ2v) is 3.53. The minimum Gasteiger partial charge on any atom is -0.316 e. The van der Waals surface area contributed by atoms with Crippen LogP contribution in [-0.2, 0) is 0 Å². The van der Waals surface area contributed by atoms with Gasteiger partial charge in [-0.3, -0.25) is 5.32 Å². The van der Waals surface area contributed by atoms with E-state index in [9.17, 15) is 4.39 Å². The molecule has 3 heteroatoms. The average Bonchev–Trinajstić information content (AvgIpc) is 1.94. The van der Waals surface area contributed by atoms with Crippen molar-refractivity contribution in [1.82, 2.24) is 5.32 Å². The first kappa shape index (κ1) is 8.94. The number of nitrogens with two attached hydrogens (primary N) is 1. The molecule has 4 unspecified atom stereocenters. The lowest BCUT2D eigenvalue weighted by Crippen LogP contribution is -2.54. The highest BCUT2D eigenvalue weighted by Gasteiger charge is 2.27. The van der Waals surface area contributed by atoms with E-state index < -0.39 is 6.17 Å². The molecule has 66 valence electrons. The number of rotatable bonds is 1. The summed E-state index contributed by atoms with van der Waals surface area (Å²) in [4.78, 5) is 0. The summed E-state index contributed by atoms with van der Waals surface area (Å²) in [5.74, 6) is 0.477. The van der Waals surface area contributed by atoms with Gasteiger partial charge in [0.25, 0.3) is 0 Å². The largest absolute Gasteiger partial charge is 0.316 e. The van der Waals surface area contributed by atoms with Crippen LogP contribution in [-0.4, -0.2) is 18.4 Å². The first-order valence-electron chi connectivity index (χ1n) is 4.27. The van der Waals surface area contributed by atoms with Crippen LogP contribution in [0.4, 0.5) is 4.39 Å². The van der Waals surface area contributed by atoms with Crippen molar-refractivity contribution in [3.05, 3.63) is 0 Å². The molecule has 0 spiro atoms. The molecule has 1 rings (SSSR count). The Morgan fingerprint density at radius 1 is 1.55 bits per heavy atom. The van der Waals surface area contributed by atoms with Crippen LogP contribution in [0.2, 0.25) is 0 Å². The summed E-state index contributed by atoms with van der Waals surface area (Å²) in [6, 6.07) is -0.0267. The zero-order valence-corrected chi connectivity index (χ0v) is 7.18. The fourth-order valence-electron chi connectivity index (χ4n) is 1.48. The summed E-state index contributed by atoms with van der Waals surface area (Å²) in [5.41, 5.74) is 5.73. The van der Waals surface area contributed by atoms with Gasteiger partial charge in [-0.05, 0) is 25.7 Å². The van der Waals surface area contributed by atoms with Gasteiger partial charge in [0, 0.05) is 6.04 Å². The second kappa shape index (κ2) is 3.50. The van der Waals surface area contributed by atoms with Gasteiger partial charge in [-0.15, -0.1) is 0 Å². The summed E-state index contributed by atoms with van der Waals surface area (Å²) in [5, 5.41) is 3.07. The lowest BCUT2D eigenvalue weighted by Gasteiger charge is -2.34. The van der Waals surface area contributed by atoms with Crippen molar-refractivity contribution in [2.24, 2.45) is 11.7 Å². The molecule has 0 radical (unpaired) electrons. The van der Waals surface area contributed by atoms with Gasteiger partial charge in [0.05, 0.1) is 6.17 Å². The van der Waals surface area contributed by atoms with Gasteiger partial charge < -0.3 is 5.73 Å². The van der Waals surface area contributed by atoms with E-state index in [0.717, 1.165) is 12.8 Å². The Kier molecular flexibility index (Phi) is 2.84. The van der Waals surface area contributed by atoms with Crippen LogP contribution in [0.1, 0.15) is 26.7 Å². The maximum Gasteiger partial charge on any atom is 0.113 e. The third-order valence-electron chi connectivity index (χ3n) is 2.51. The van der Waals surface area contributed by atoms with Crippen molar-refractivity contribution in [2.45, 2.75) is 45.1 Å². The second-order valence-electron chi connectivity index (χ2n) is 3.53. The van der Waals surface area contributed by atoms with E-state index in [1.807, 2.05) is 0 Å². The Labute approximate surface area is 67.3 Å². The number of halogens is 1. The summed E-state index contributed by atoms with van der Waals surface area (Å²) >= 11 is 0. The molecule has 0 aromatic rings. The Balaban J connectivity index is 2.40. The van der Waals surface area contributed by atoms with E-state index >= 15 is 0 Å². The minimum absolute atomic E-state index is 0.0213.